The van der Waals surface area contributed by atoms with Gasteiger partial charge in [-0.05, 0) is 79.8 Å². The molecular formula is C30H43NO4S. The molecule has 0 fully saturated rings. The summed E-state index contributed by atoms with van der Waals surface area (Å²) in [5, 5.41) is 20.8. The molecular weight excluding hydrogens is 470 g/mol. The van der Waals surface area contributed by atoms with Crippen molar-refractivity contribution in [3.05, 3.63) is 48.0 Å². The van der Waals surface area contributed by atoms with E-state index in [1.165, 1.54) is 38.5 Å². The minimum atomic E-state index is -2.82. The number of benzene rings is 2. The monoisotopic (exact) mass is 513 g/mol. The largest absolute Gasteiger partial charge is 0.508 e. The molecule has 2 aromatic carbocycles. The minimum absolute atomic E-state index is 0.261. The van der Waals surface area contributed by atoms with Crippen molar-refractivity contribution in [2.24, 2.45) is 0 Å². The summed E-state index contributed by atoms with van der Waals surface area (Å²) in [6.07, 6.45) is 12.1. The smallest absolute Gasteiger partial charge is 0.150 e. The van der Waals surface area contributed by atoms with Crippen molar-refractivity contribution in [2.45, 2.75) is 91.0 Å². The molecule has 198 valence electrons. The Morgan fingerprint density at radius 1 is 0.722 bits per heavy atom. The van der Waals surface area contributed by atoms with Crippen molar-refractivity contribution in [1.82, 2.24) is 4.57 Å². The molecule has 5 nitrogen and oxygen atoms in total. The van der Waals surface area contributed by atoms with Crippen LogP contribution in [0, 0.1) is 6.92 Å². The van der Waals surface area contributed by atoms with Crippen LogP contribution in [0.25, 0.3) is 22.2 Å². The van der Waals surface area contributed by atoms with Crippen LogP contribution in [0.5, 0.6) is 11.5 Å². The number of rotatable bonds is 16. The average Bonchev–Trinajstić information content (AvgIpc) is 3.11. The third-order valence-corrected chi connectivity index (χ3v) is 8.98. The topological polar surface area (TPSA) is 79.5 Å². The zero-order valence-electron chi connectivity index (χ0n) is 22.0. The van der Waals surface area contributed by atoms with Gasteiger partial charge in [0.2, 0.25) is 0 Å². The molecule has 0 aliphatic rings. The Hall–Kier alpha value is -2.47. The van der Waals surface area contributed by atoms with E-state index in [1.54, 1.807) is 18.2 Å². The Balaban J connectivity index is 1.42. The molecule has 0 spiro atoms. The number of hydrogen-bond donors (Lipinski definition) is 2. The summed E-state index contributed by atoms with van der Waals surface area (Å²) in [4.78, 5) is 0. The Bertz CT molecular complexity index is 1200. The number of nitrogens with zero attached hydrogens (tertiary/aromatic N) is 1. The number of phenols is 2. The zero-order chi connectivity index (χ0) is 26.0. The highest BCUT2D eigenvalue weighted by molar-refractivity contribution is 7.91. The van der Waals surface area contributed by atoms with Crippen LogP contribution >= 0.6 is 0 Å². The van der Waals surface area contributed by atoms with Crippen molar-refractivity contribution in [3.63, 3.8) is 0 Å². The fraction of sp³-hybridized carbons (Fsp3) is 0.533. The third kappa shape index (κ3) is 8.02. The first-order chi connectivity index (χ1) is 17.3. The standard InChI is InChI=1S/C30H43NO4S/c1-3-21-36(34,35)22-13-11-9-7-5-4-6-8-10-12-20-31-29-19-18-27(33)23-28(29)24(2)30(31)25-14-16-26(32)17-15-25/h14-19,23,32-33H,3-13,20-22H2,1-2H3. The second-order valence-corrected chi connectivity index (χ2v) is 12.4. The van der Waals surface area contributed by atoms with Crippen LogP contribution < -0.4 is 0 Å². The Morgan fingerprint density at radius 2 is 1.28 bits per heavy atom. The lowest BCUT2D eigenvalue weighted by atomic mass is 10.1. The van der Waals surface area contributed by atoms with Gasteiger partial charge in [-0.1, -0.05) is 58.3 Å². The first kappa shape index (κ1) is 28.1. The van der Waals surface area contributed by atoms with Crippen LogP contribution in [0.1, 0.15) is 83.1 Å². The van der Waals surface area contributed by atoms with Gasteiger partial charge in [0.15, 0.2) is 0 Å². The number of unbranched alkanes of at least 4 members (excludes halogenated alkanes) is 9. The van der Waals surface area contributed by atoms with E-state index >= 15 is 0 Å². The van der Waals surface area contributed by atoms with Gasteiger partial charge in [-0.2, -0.15) is 0 Å². The highest BCUT2D eigenvalue weighted by Crippen LogP contribution is 2.36. The normalized spacial score (nSPS) is 11.9. The van der Waals surface area contributed by atoms with Gasteiger partial charge >= 0.3 is 0 Å². The van der Waals surface area contributed by atoms with Crippen LogP contribution in [-0.2, 0) is 16.4 Å². The first-order valence-corrected chi connectivity index (χ1v) is 15.5. The van der Waals surface area contributed by atoms with Gasteiger partial charge in [0.1, 0.15) is 21.3 Å². The van der Waals surface area contributed by atoms with E-state index in [1.807, 2.05) is 31.2 Å². The number of phenolic OH excluding ortho intramolecular Hbond substituents is 2. The second-order valence-electron chi connectivity index (χ2n) is 10.1. The van der Waals surface area contributed by atoms with E-state index in [2.05, 4.69) is 11.5 Å². The van der Waals surface area contributed by atoms with Crippen LogP contribution in [0.3, 0.4) is 0 Å². The van der Waals surface area contributed by atoms with E-state index < -0.39 is 9.84 Å². The average molecular weight is 514 g/mol. The maximum Gasteiger partial charge on any atom is 0.150 e. The lowest BCUT2D eigenvalue weighted by Crippen LogP contribution is -2.10. The third-order valence-electron chi connectivity index (χ3n) is 7.04. The minimum Gasteiger partial charge on any atom is -0.508 e. The van der Waals surface area contributed by atoms with E-state index in [4.69, 9.17) is 0 Å². The maximum atomic E-state index is 11.7. The van der Waals surface area contributed by atoms with Crippen LogP contribution in [0.15, 0.2) is 42.5 Å². The Kier molecular flexibility index (Phi) is 10.7. The van der Waals surface area contributed by atoms with E-state index in [-0.39, 0.29) is 11.5 Å². The van der Waals surface area contributed by atoms with Gasteiger partial charge in [0, 0.05) is 23.2 Å². The second kappa shape index (κ2) is 13.7. The molecule has 3 aromatic rings. The number of aryl methyl sites for hydroxylation is 2. The summed E-state index contributed by atoms with van der Waals surface area (Å²) < 4.78 is 25.8. The van der Waals surface area contributed by atoms with Crippen molar-refractivity contribution in [2.75, 3.05) is 11.5 Å². The quantitative estimate of drug-likeness (QED) is 0.192. The van der Waals surface area contributed by atoms with Crippen LogP contribution in [0.4, 0.5) is 0 Å². The molecule has 0 amide bonds. The van der Waals surface area contributed by atoms with Gasteiger partial charge < -0.3 is 14.8 Å². The molecule has 0 unspecified atom stereocenters. The molecule has 3 rings (SSSR count). The summed E-state index contributed by atoms with van der Waals surface area (Å²) in [6, 6.07) is 13.0. The molecule has 36 heavy (non-hydrogen) atoms. The van der Waals surface area contributed by atoms with E-state index in [0.29, 0.717) is 17.9 Å². The molecule has 0 radical (unpaired) electrons. The van der Waals surface area contributed by atoms with Gasteiger partial charge in [-0.25, -0.2) is 8.42 Å². The van der Waals surface area contributed by atoms with E-state index in [9.17, 15) is 18.6 Å². The molecule has 0 atom stereocenters. The van der Waals surface area contributed by atoms with Gasteiger partial charge in [-0.3, -0.25) is 0 Å². The lowest BCUT2D eigenvalue weighted by Gasteiger charge is -2.12. The Morgan fingerprint density at radius 3 is 1.89 bits per heavy atom. The number of fused-ring (bicyclic) bond motifs is 1. The Labute approximate surface area is 217 Å². The molecule has 2 N–H and O–H groups in total. The fourth-order valence-electron chi connectivity index (χ4n) is 5.15. The van der Waals surface area contributed by atoms with Crippen molar-refractivity contribution < 1.29 is 18.6 Å². The number of hydrogen-bond acceptors (Lipinski definition) is 4. The van der Waals surface area contributed by atoms with Crippen LogP contribution in [-0.4, -0.2) is 34.7 Å². The molecule has 0 saturated carbocycles. The zero-order valence-corrected chi connectivity index (χ0v) is 22.8. The van der Waals surface area contributed by atoms with Crippen LogP contribution in [0.2, 0.25) is 0 Å². The first-order valence-electron chi connectivity index (χ1n) is 13.6. The van der Waals surface area contributed by atoms with Crippen molar-refractivity contribution in [3.8, 4) is 22.8 Å². The predicted molar refractivity (Wildman–Crippen MR) is 151 cm³/mol. The highest BCUT2D eigenvalue weighted by Gasteiger charge is 2.16. The van der Waals surface area contributed by atoms with Crippen molar-refractivity contribution in [1.29, 1.82) is 0 Å². The summed E-state index contributed by atoms with van der Waals surface area (Å²) in [5.41, 5.74) is 4.51. The van der Waals surface area contributed by atoms with Gasteiger partial charge in [0.05, 0.1) is 11.4 Å². The maximum absolute atomic E-state index is 11.7. The van der Waals surface area contributed by atoms with Crippen molar-refractivity contribution >= 4 is 20.7 Å². The molecule has 0 aliphatic carbocycles. The van der Waals surface area contributed by atoms with Gasteiger partial charge in [0.25, 0.3) is 0 Å². The molecule has 1 heterocycles. The highest BCUT2D eigenvalue weighted by atomic mass is 32.2. The molecule has 0 bridgehead atoms. The van der Waals surface area contributed by atoms with Gasteiger partial charge in [-0.15, -0.1) is 0 Å². The summed E-state index contributed by atoms with van der Waals surface area (Å²) in [6.45, 7) is 4.94. The number of aromatic nitrogens is 1. The number of aromatic hydroxyl groups is 2. The molecule has 0 saturated heterocycles. The summed E-state index contributed by atoms with van der Waals surface area (Å²) in [7, 11) is -2.82. The number of sulfone groups is 1. The molecule has 6 heteroatoms. The SMILES string of the molecule is CCCS(=O)(=O)CCCCCCCCCCCCn1c(-c2ccc(O)cc2)c(C)c2cc(O)ccc21. The lowest BCUT2D eigenvalue weighted by molar-refractivity contribution is 0.475. The molecule has 1 aromatic heterocycles. The summed E-state index contributed by atoms with van der Waals surface area (Å²) in [5.74, 6) is 1.22. The fourth-order valence-corrected chi connectivity index (χ4v) is 6.62. The van der Waals surface area contributed by atoms with E-state index in [0.717, 1.165) is 60.0 Å². The molecule has 0 aliphatic heterocycles. The predicted octanol–water partition coefficient (Wildman–Crippen LogP) is 7.75. The summed E-state index contributed by atoms with van der Waals surface area (Å²) >= 11 is 0.